The van der Waals surface area contributed by atoms with Crippen LogP contribution in [0.1, 0.15) is 122 Å². The van der Waals surface area contributed by atoms with Gasteiger partial charge in [-0.15, -0.1) is 0 Å². The first-order valence-corrected chi connectivity index (χ1v) is 13.3. The Morgan fingerprint density at radius 1 is 0.690 bits per heavy atom. The molecule has 29 heavy (non-hydrogen) atoms. The van der Waals surface area contributed by atoms with Crippen LogP contribution in [0.2, 0.25) is 0 Å². The van der Waals surface area contributed by atoms with Crippen LogP contribution in [0, 0.1) is 0 Å². The van der Waals surface area contributed by atoms with Crippen molar-refractivity contribution in [1.29, 1.82) is 0 Å². The van der Waals surface area contributed by atoms with E-state index in [2.05, 4.69) is 11.6 Å². The summed E-state index contributed by atoms with van der Waals surface area (Å²) in [4.78, 5) is 10.3. The molecule has 0 fully saturated rings. The predicted molar refractivity (Wildman–Crippen MR) is 116 cm³/mol. The quantitative estimate of drug-likeness (QED) is 0.198. The minimum absolute atomic E-state index is 0. The number of aliphatic carboxylic acids is 1. The molecular formula is C22H44KNO4S. The molecule has 0 aliphatic carbocycles. The zero-order valence-corrected chi connectivity index (χ0v) is 23.1. The molecule has 0 bridgehead atoms. The minimum Gasteiger partial charge on any atom is -0.550 e. The van der Waals surface area contributed by atoms with E-state index in [4.69, 9.17) is 0 Å². The molecule has 0 aliphatic heterocycles. The average molecular weight is 458 g/mol. The van der Waals surface area contributed by atoms with Gasteiger partial charge in [-0.3, -0.25) is 0 Å². The molecule has 168 valence electrons. The SMILES string of the molecule is CCCCCCCCCCCCCCCCCCCS(=O)(=O)NCCC(=O)[O-].[K+]. The molecule has 0 aromatic carbocycles. The van der Waals surface area contributed by atoms with Gasteiger partial charge in [-0.25, -0.2) is 13.1 Å². The van der Waals surface area contributed by atoms with Crippen LogP contribution in [0.4, 0.5) is 0 Å². The third-order valence-corrected chi connectivity index (χ3v) is 6.64. The summed E-state index contributed by atoms with van der Waals surface area (Å²) in [6.45, 7) is 2.18. The van der Waals surface area contributed by atoms with Crippen molar-refractivity contribution >= 4 is 16.0 Å². The van der Waals surface area contributed by atoms with Crippen molar-refractivity contribution in [2.24, 2.45) is 0 Å². The predicted octanol–water partition coefficient (Wildman–Crippen LogP) is 1.70. The maximum Gasteiger partial charge on any atom is 1.00 e. The molecule has 0 heterocycles. The number of sulfonamides is 1. The van der Waals surface area contributed by atoms with Gasteiger partial charge in [0.1, 0.15) is 0 Å². The van der Waals surface area contributed by atoms with Gasteiger partial charge >= 0.3 is 51.4 Å². The average Bonchev–Trinajstić information content (AvgIpc) is 2.63. The Morgan fingerprint density at radius 2 is 1.03 bits per heavy atom. The molecule has 0 atom stereocenters. The molecule has 0 saturated carbocycles. The molecule has 0 radical (unpaired) electrons. The van der Waals surface area contributed by atoms with Gasteiger partial charge in [0.2, 0.25) is 10.0 Å². The van der Waals surface area contributed by atoms with Gasteiger partial charge in [-0.1, -0.05) is 110 Å². The van der Waals surface area contributed by atoms with E-state index in [1.54, 1.807) is 0 Å². The van der Waals surface area contributed by atoms with Crippen LogP contribution >= 0.6 is 0 Å². The van der Waals surface area contributed by atoms with Crippen LogP contribution in [-0.2, 0) is 14.8 Å². The van der Waals surface area contributed by atoms with E-state index >= 15 is 0 Å². The number of hydrogen-bond acceptors (Lipinski definition) is 4. The summed E-state index contributed by atoms with van der Waals surface area (Å²) < 4.78 is 25.6. The van der Waals surface area contributed by atoms with Crippen LogP contribution in [0.15, 0.2) is 0 Å². The molecule has 0 rings (SSSR count). The second kappa shape index (κ2) is 23.7. The summed E-state index contributed by atoms with van der Waals surface area (Å²) in [5.41, 5.74) is 0. The molecular weight excluding hydrogens is 413 g/mol. The van der Waals surface area contributed by atoms with Gasteiger partial charge in [0, 0.05) is 18.9 Å². The first kappa shape index (κ1) is 32.2. The fraction of sp³-hybridized carbons (Fsp3) is 0.955. The van der Waals surface area contributed by atoms with E-state index in [-0.39, 0.29) is 70.1 Å². The second-order valence-corrected chi connectivity index (χ2v) is 9.92. The summed E-state index contributed by atoms with van der Waals surface area (Å²) in [5.74, 6) is -1.15. The Kier molecular flexibility index (Phi) is 26.3. The van der Waals surface area contributed by atoms with Crippen molar-refractivity contribution in [3.05, 3.63) is 0 Å². The van der Waals surface area contributed by atoms with Crippen molar-refractivity contribution in [1.82, 2.24) is 4.72 Å². The fourth-order valence-electron chi connectivity index (χ4n) is 3.40. The fourth-order valence-corrected chi connectivity index (χ4v) is 4.54. The smallest absolute Gasteiger partial charge is 0.550 e. The molecule has 0 unspecified atom stereocenters. The van der Waals surface area contributed by atoms with Crippen LogP contribution < -0.4 is 61.2 Å². The van der Waals surface area contributed by atoms with Gasteiger partial charge in [0.05, 0.1) is 5.75 Å². The van der Waals surface area contributed by atoms with E-state index in [0.717, 1.165) is 12.8 Å². The molecule has 0 amide bonds. The van der Waals surface area contributed by atoms with Crippen LogP contribution in [0.5, 0.6) is 0 Å². The van der Waals surface area contributed by atoms with Gasteiger partial charge in [0.15, 0.2) is 0 Å². The molecule has 0 aromatic heterocycles. The van der Waals surface area contributed by atoms with Crippen molar-refractivity contribution in [2.45, 2.75) is 122 Å². The Bertz CT molecular complexity index is 458. The van der Waals surface area contributed by atoms with Crippen LogP contribution in [0.3, 0.4) is 0 Å². The van der Waals surface area contributed by atoms with Crippen molar-refractivity contribution in [2.75, 3.05) is 12.3 Å². The topological polar surface area (TPSA) is 86.3 Å². The second-order valence-electron chi connectivity index (χ2n) is 7.99. The van der Waals surface area contributed by atoms with E-state index in [1.165, 1.54) is 89.9 Å². The summed E-state index contributed by atoms with van der Waals surface area (Å²) in [5, 5.41) is 10.3. The summed E-state index contributed by atoms with van der Waals surface area (Å²) >= 11 is 0. The van der Waals surface area contributed by atoms with Gasteiger partial charge in [-0.05, 0) is 6.42 Å². The largest absolute Gasteiger partial charge is 1.00 e. The number of carbonyl (C=O) groups excluding carboxylic acids is 1. The number of carboxylic acid groups (broad SMARTS) is 1. The van der Waals surface area contributed by atoms with Crippen molar-refractivity contribution < 1.29 is 69.7 Å². The Balaban J connectivity index is 0. The first-order valence-electron chi connectivity index (χ1n) is 11.6. The Labute approximate surface area is 223 Å². The third kappa shape index (κ3) is 27.0. The number of hydrogen-bond donors (Lipinski definition) is 1. The Morgan fingerprint density at radius 3 is 1.38 bits per heavy atom. The molecule has 0 aliphatic rings. The standard InChI is InChI=1S/C22H45NO4S.K/c1-2-3-4-5-6-7-8-9-10-11-12-13-14-15-16-17-18-21-28(26,27)23-20-19-22(24)25;/h23H,2-21H2,1H3,(H,24,25);/q;+1/p-1. The molecule has 0 saturated heterocycles. The normalized spacial score (nSPS) is 11.3. The molecule has 1 N–H and O–H groups in total. The van der Waals surface area contributed by atoms with Crippen LogP contribution in [0.25, 0.3) is 0 Å². The minimum atomic E-state index is -3.34. The number of nitrogens with one attached hydrogen (secondary N) is 1. The van der Waals surface area contributed by atoms with E-state index < -0.39 is 16.0 Å². The summed E-state index contributed by atoms with van der Waals surface area (Å²) in [7, 11) is -3.34. The number of carbonyl (C=O) groups is 1. The molecule has 0 aromatic rings. The van der Waals surface area contributed by atoms with E-state index in [1.807, 2.05) is 0 Å². The molecule has 7 heteroatoms. The van der Waals surface area contributed by atoms with E-state index in [0.29, 0.717) is 6.42 Å². The zero-order valence-electron chi connectivity index (χ0n) is 19.2. The maximum atomic E-state index is 11.6. The number of carboxylic acids is 1. The molecule has 0 spiro atoms. The van der Waals surface area contributed by atoms with Crippen molar-refractivity contribution in [3.8, 4) is 0 Å². The summed E-state index contributed by atoms with van der Waals surface area (Å²) in [6, 6.07) is 0. The van der Waals surface area contributed by atoms with E-state index in [9.17, 15) is 18.3 Å². The third-order valence-electron chi connectivity index (χ3n) is 5.17. The summed E-state index contributed by atoms with van der Waals surface area (Å²) in [6.07, 6.45) is 21.3. The maximum absolute atomic E-state index is 11.6. The number of rotatable bonds is 22. The zero-order chi connectivity index (χ0) is 20.9. The number of unbranched alkanes of at least 4 members (excludes halogenated alkanes) is 16. The van der Waals surface area contributed by atoms with Crippen molar-refractivity contribution in [3.63, 3.8) is 0 Å². The van der Waals surface area contributed by atoms with Gasteiger partial charge in [-0.2, -0.15) is 0 Å². The van der Waals surface area contributed by atoms with Crippen LogP contribution in [-0.4, -0.2) is 26.7 Å². The first-order chi connectivity index (χ1) is 13.5. The van der Waals surface area contributed by atoms with Gasteiger partial charge in [0.25, 0.3) is 0 Å². The monoisotopic (exact) mass is 457 g/mol. The van der Waals surface area contributed by atoms with Gasteiger partial charge < -0.3 is 9.90 Å². The Hall–Kier alpha value is 1.02. The molecule has 5 nitrogen and oxygen atoms in total.